The molecule has 0 saturated heterocycles. The number of benzene rings is 1. The third-order valence-corrected chi connectivity index (χ3v) is 2.73. The molecule has 0 amide bonds. The Morgan fingerprint density at radius 2 is 2.28 bits per heavy atom. The highest BCUT2D eigenvalue weighted by molar-refractivity contribution is 9.10. The summed E-state index contributed by atoms with van der Waals surface area (Å²) in [5.74, 6) is 0.852. The first kappa shape index (κ1) is 13.0. The Bertz CT molecular complexity index is 528. The Morgan fingerprint density at radius 3 is 3.00 bits per heavy atom. The van der Waals surface area contributed by atoms with Crippen molar-refractivity contribution in [3.63, 3.8) is 0 Å². The lowest BCUT2D eigenvalue weighted by Gasteiger charge is -1.99. The molecular weight excluding hydrogens is 300 g/mol. The van der Waals surface area contributed by atoms with E-state index in [-0.39, 0.29) is 11.6 Å². The minimum absolute atomic E-state index is 0.0917. The van der Waals surface area contributed by atoms with E-state index in [1.54, 1.807) is 18.2 Å². The van der Waals surface area contributed by atoms with Gasteiger partial charge in [-0.1, -0.05) is 28.0 Å². The number of hydrogen-bond donors (Lipinski definition) is 1. The van der Waals surface area contributed by atoms with Crippen molar-refractivity contribution in [3.8, 4) is 17.2 Å². The molecule has 0 aliphatic rings. The molecule has 2 aromatic rings. The molecule has 5 nitrogen and oxygen atoms in total. The van der Waals surface area contributed by atoms with E-state index in [9.17, 15) is 5.11 Å². The maximum absolute atomic E-state index is 9.78. The number of aromatic nitrogens is 2. The first-order valence-electron chi connectivity index (χ1n) is 5.60. The van der Waals surface area contributed by atoms with Gasteiger partial charge in [-0.3, -0.25) is 0 Å². The second kappa shape index (κ2) is 5.97. The van der Waals surface area contributed by atoms with Crippen molar-refractivity contribution in [2.75, 3.05) is 6.61 Å². The number of phenols is 1. The molecule has 0 saturated carbocycles. The van der Waals surface area contributed by atoms with Crippen LogP contribution in [0.2, 0.25) is 0 Å². The second-order valence-corrected chi connectivity index (χ2v) is 4.65. The molecule has 1 aromatic carbocycles. The van der Waals surface area contributed by atoms with Crippen molar-refractivity contribution >= 4 is 15.9 Å². The molecule has 6 heteroatoms. The van der Waals surface area contributed by atoms with E-state index in [1.807, 2.05) is 6.92 Å². The number of aromatic hydroxyl groups is 1. The lowest BCUT2D eigenvalue weighted by Crippen LogP contribution is -1.95. The summed E-state index contributed by atoms with van der Waals surface area (Å²) in [6.45, 7) is 3.00. The van der Waals surface area contributed by atoms with Crippen molar-refractivity contribution in [2.45, 2.75) is 20.0 Å². The van der Waals surface area contributed by atoms with E-state index in [0.29, 0.717) is 24.6 Å². The van der Waals surface area contributed by atoms with Gasteiger partial charge >= 0.3 is 0 Å². The monoisotopic (exact) mass is 312 g/mol. The predicted octanol–water partition coefficient (Wildman–Crippen LogP) is 3.13. The first-order valence-corrected chi connectivity index (χ1v) is 6.39. The molecule has 0 aliphatic heterocycles. The normalized spacial score (nSPS) is 10.8. The summed E-state index contributed by atoms with van der Waals surface area (Å²) in [6.07, 6.45) is 0.943. The van der Waals surface area contributed by atoms with Crippen LogP contribution in [0.25, 0.3) is 11.5 Å². The molecule has 1 heterocycles. The highest BCUT2D eigenvalue weighted by atomic mass is 79.9. The van der Waals surface area contributed by atoms with E-state index in [2.05, 4.69) is 26.1 Å². The molecule has 18 heavy (non-hydrogen) atoms. The van der Waals surface area contributed by atoms with Gasteiger partial charge in [-0.05, 0) is 24.6 Å². The summed E-state index contributed by atoms with van der Waals surface area (Å²) >= 11 is 3.27. The number of nitrogens with zero attached hydrogens (tertiary/aromatic N) is 2. The van der Waals surface area contributed by atoms with Gasteiger partial charge in [0.15, 0.2) is 5.82 Å². The van der Waals surface area contributed by atoms with Crippen molar-refractivity contribution in [1.29, 1.82) is 0 Å². The standard InChI is InChI=1S/C12H13BrN2O3/c1-2-5-17-7-11-14-12(18-15-11)9-4-3-8(13)6-10(9)16/h3-4,6,16H,2,5,7H2,1H3. The first-order chi connectivity index (χ1) is 8.70. The van der Waals surface area contributed by atoms with Crippen LogP contribution < -0.4 is 0 Å². The maximum Gasteiger partial charge on any atom is 0.261 e. The highest BCUT2D eigenvalue weighted by Crippen LogP contribution is 2.30. The summed E-state index contributed by atoms with van der Waals surface area (Å²) in [5, 5.41) is 13.6. The van der Waals surface area contributed by atoms with Crippen LogP contribution in [0.1, 0.15) is 19.2 Å². The van der Waals surface area contributed by atoms with E-state index < -0.39 is 0 Å². The lowest BCUT2D eigenvalue weighted by atomic mass is 10.2. The van der Waals surface area contributed by atoms with Gasteiger partial charge < -0.3 is 14.4 Å². The minimum Gasteiger partial charge on any atom is -0.507 e. The average Bonchev–Trinajstić information content (AvgIpc) is 2.78. The SMILES string of the molecule is CCCOCc1noc(-c2ccc(Br)cc2O)n1. The second-order valence-electron chi connectivity index (χ2n) is 3.73. The largest absolute Gasteiger partial charge is 0.507 e. The number of halogens is 1. The van der Waals surface area contributed by atoms with Gasteiger partial charge in [-0.15, -0.1) is 0 Å². The van der Waals surface area contributed by atoms with Gasteiger partial charge in [-0.2, -0.15) is 4.98 Å². The van der Waals surface area contributed by atoms with Gasteiger partial charge in [0.05, 0.1) is 5.56 Å². The third-order valence-electron chi connectivity index (χ3n) is 2.24. The molecule has 0 unspecified atom stereocenters. The molecule has 96 valence electrons. The Morgan fingerprint density at radius 1 is 1.44 bits per heavy atom. The zero-order valence-electron chi connectivity index (χ0n) is 9.89. The molecule has 0 atom stereocenters. The van der Waals surface area contributed by atoms with Crippen molar-refractivity contribution in [1.82, 2.24) is 10.1 Å². The summed E-state index contributed by atoms with van der Waals surface area (Å²) in [6, 6.07) is 5.09. The fourth-order valence-corrected chi connectivity index (χ4v) is 1.76. The number of rotatable bonds is 5. The van der Waals surface area contributed by atoms with Gasteiger partial charge in [-0.25, -0.2) is 0 Å². The number of ether oxygens (including phenoxy) is 1. The zero-order valence-corrected chi connectivity index (χ0v) is 11.5. The van der Waals surface area contributed by atoms with Crippen LogP contribution in [0, 0.1) is 0 Å². The third kappa shape index (κ3) is 3.08. The summed E-state index contributed by atoms with van der Waals surface area (Å²) in [4.78, 5) is 4.16. The van der Waals surface area contributed by atoms with E-state index in [4.69, 9.17) is 9.26 Å². The fraction of sp³-hybridized carbons (Fsp3) is 0.333. The van der Waals surface area contributed by atoms with Gasteiger partial charge in [0.1, 0.15) is 12.4 Å². The van der Waals surface area contributed by atoms with Crippen LogP contribution in [-0.2, 0) is 11.3 Å². The van der Waals surface area contributed by atoms with Crippen LogP contribution >= 0.6 is 15.9 Å². The molecule has 0 bridgehead atoms. The highest BCUT2D eigenvalue weighted by Gasteiger charge is 2.12. The van der Waals surface area contributed by atoms with Crippen LogP contribution in [0.15, 0.2) is 27.2 Å². The fourth-order valence-electron chi connectivity index (χ4n) is 1.42. The van der Waals surface area contributed by atoms with Gasteiger partial charge in [0.25, 0.3) is 5.89 Å². The van der Waals surface area contributed by atoms with Crippen molar-refractivity contribution < 1.29 is 14.4 Å². The van der Waals surface area contributed by atoms with E-state index in [1.165, 1.54) is 0 Å². The number of phenolic OH excluding ortho intramolecular Hbond substituents is 1. The Labute approximate surface area is 113 Å². The zero-order chi connectivity index (χ0) is 13.0. The maximum atomic E-state index is 9.78. The summed E-state index contributed by atoms with van der Waals surface area (Å²) in [7, 11) is 0. The average molecular weight is 313 g/mol. The molecule has 2 rings (SSSR count). The van der Waals surface area contributed by atoms with Crippen LogP contribution in [0.4, 0.5) is 0 Å². The summed E-state index contributed by atoms with van der Waals surface area (Å²) < 4.78 is 11.2. The van der Waals surface area contributed by atoms with Gasteiger partial charge in [0, 0.05) is 11.1 Å². The minimum atomic E-state index is 0.0917. The molecule has 1 aromatic heterocycles. The van der Waals surface area contributed by atoms with Crippen LogP contribution in [-0.4, -0.2) is 21.9 Å². The predicted molar refractivity (Wildman–Crippen MR) is 69.0 cm³/mol. The van der Waals surface area contributed by atoms with Crippen molar-refractivity contribution in [3.05, 3.63) is 28.5 Å². The Hall–Kier alpha value is -1.40. The summed E-state index contributed by atoms with van der Waals surface area (Å²) in [5.41, 5.74) is 0.507. The van der Waals surface area contributed by atoms with Crippen molar-refractivity contribution in [2.24, 2.45) is 0 Å². The number of hydrogen-bond acceptors (Lipinski definition) is 5. The molecule has 0 spiro atoms. The smallest absolute Gasteiger partial charge is 0.261 e. The Kier molecular flexibility index (Phi) is 4.33. The molecule has 0 aliphatic carbocycles. The molecular formula is C12H13BrN2O3. The topological polar surface area (TPSA) is 68.4 Å². The van der Waals surface area contributed by atoms with Crippen LogP contribution in [0.5, 0.6) is 5.75 Å². The van der Waals surface area contributed by atoms with E-state index >= 15 is 0 Å². The van der Waals surface area contributed by atoms with E-state index in [0.717, 1.165) is 10.9 Å². The lowest BCUT2D eigenvalue weighted by molar-refractivity contribution is 0.114. The van der Waals surface area contributed by atoms with Gasteiger partial charge in [0.2, 0.25) is 0 Å². The molecule has 0 radical (unpaired) electrons. The Balaban J connectivity index is 2.13. The quantitative estimate of drug-likeness (QED) is 0.859. The van der Waals surface area contributed by atoms with Crippen LogP contribution in [0.3, 0.4) is 0 Å². The molecule has 1 N–H and O–H groups in total. The molecule has 0 fully saturated rings.